The van der Waals surface area contributed by atoms with Gasteiger partial charge in [0, 0.05) is 45.7 Å². The lowest BCUT2D eigenvalue weighted by Gasteiger charge is -2.35. The number of nitrogens with one attached hydrogen (secondary N) is 1. The van der Waals surface area contributed by atoms with Crippen LogP contribution in [-0.4, -0.2) is 47.5 Å². The van der Waals surface area contributed by atoms with Gasteiger partial charge >= 0.3 is 0 Å². The number of ether oxygens (including phenoxy) is 1. The number of likely N-dealkylation sites (N-methyl/N-ethyl adjacent to an activating group) is 1. The molecule has 2 rings (SSSR count). The largest absolute Gasteiger partial charge is 0.388 e. The fraction of sp³-hybridized carbons (Fsp3) is 0.636. The molecule has 17 heavy (non-hydrogen) atoms. The van der Waals surface area contributed by atoms with E-state index >= 15 is 0 Å². The molecule has 0 radical (unpaired) electrons. The maximum absolute atomic E-state index is 11.2. The smallest absolute Gasteiger partial charge is 0.252 e. The Bertz CT molecular complexity index is 426. The van der Waals surface area contributed by atoms with Crippen molar-refractivity contribution in [3.8, 4) is 0 Å². The Morgan fingerprint density at radius 2 is 2.29 bits per heavy atom. The number of nitrogens with zero attached hydrogens (tertiary/aromatic N) is 2. The van der Waals surface area contributed by atoms with E-state index in [4.69, 9.17) is 4.74 Å². The summed E-state index contributed by atoms with van der Waals surface area (Å²) < 4.78 is 5.22. The summed E-state index contributed by atoms with van der Waals surface area (Å²) >= 11 is 0. The molecular formula is C11H17N3O3. The Kier molecular flexibility index (Phi) is 3.44. The standard InChI is InChI=1S/C11H17N3O3/c1-14(9-6-10(15)13-8-12-9)7-11(16)2-4-17-5-3-11/h6,8,16H,2-5,7H2,1H3,(H,12,13,15). The zero-order valence-corrected chi connectivity index (χ0v) is 9.85. The number of anilines is 1. The molecule has 2 heterocycles. The van der Waals surface area contributed by atoms with Crippen LogP contribution in [0.15, 0.2) is 17.2 Å². The Labute approximate surface area is 99.2 Å². The third kappa shape index (κ3) is 3.04. The van der Waals surface area contributed by atoms with Crippen molar-refractivity contribution in [2.75, 3.05) is 31.7 Å². The van der Waals surface area contributed by atoms with Gasteiger partial charge in [0.15, 0.2) is 0 Å². The highest BCUT2D eigenvalue weighted by Crippen LogP contribution is 2.22. The predicted molar refractivity (Wildman–Crippen MR) is 63.1 cm³/mol. The third-order valence-electron chi connectivity index (χ3n) is 3.01. The normalized spacial score (nSPS) is 18.9. The van der Waals surface area contributed by atoms with Gasteiger partial charge in [-0.1, -0.05) is 0 Å². The van der Waals surface area contributed by atoms with E-state index in [1.54, 1.807) is 4.90 Å². The summed E-state index contributed by atoms with van der Waals surface area (Å²) in [6, 6.07) is 1.42. The summed E-state index contributed by atoms with van der Waals surface area (Å²) in [6.45, 7) is 1.60. The van der Waals surface area contributed by atoms with Crippen LogP contribution in [0.25, 0.3) is 0 Å². The fourth-order valence-electron chi connectivity index (χ4n) is 2.00. The molecule has 0 aliphatic carbocycles. The van der Waals surface area contributed by atoms with E-state index in [1.807, 2.05) is 7.05 Å². The first-order valence-electron chi connectivity index (χ1n) is 5.65. The molecule has 1 aliphatic rings. The van der Waals surface area contributed by atoms with Gasteiger partial charge in [0.25, 0.3) is 5.56 Å². The SMILES string of the molecule is CN(CC1(O)CCOCC1)c1cc(=O)[nH]cn1. The highest BCUT2D eigenvalue weighted by molar-refractivity contribution is 5.35. The quantitative estimate of drug-likeness (QED) is 0.760. The summed E-state index contributed by atoms with van der Waals surface area (Å²) in [4.78, 5) is 19.5. The molecule has 2 N–H and O–H groups in total. The van der Waals surface area contributed by atoms with E-state index in [9.17, 15) is 9.90 Å². The Morgan fingerprint density at radius 1 is 1.59 bits per heavy atom. The number of H-pyrrole nitrogens is 1. The number of hydrogen-bond acceptors (Lipinski definition) is 5. The molecule has 1 aromatic heterocycles. The molecule has 0 spiro atoms. The summed E-state index contributed by atoms with van der Waals surface area (Å²) in [6.07, 6.45) is 2.59. The second kappa shape index (κ2) is 4.85. The summed E-state index contributed by atoms with van der Waals surface area (Å²) in [5.41, 5.74) is -0.946. The molecule has 6 nitrogen and oxygen atoms in total. The van der Waals surface area contributed by atoms with Crippen LogP contribution in [0.4, 0.5) is 5.82 Å². The average molecular weight is 239 g/mol. The summed E-state index contributed by atoms with van der Waals surface area (Å²) in [5, 5.41) is 10.3. The number of aromatic nitrogens is 2. The minimum atomic E-state index is -0.753. The number of aromatic amines is 1. The minimum Gasteiger partial charge on any atom is -0.388 e. The zero-order valence-electron chi connectivity index (χ0n) is 9.85. The van der Waals surface area contributed by atoms with Gasteiger partial charge in [-0.05, 0) is 0 Å². The van der Waals surface area contributed by atoms with Crippen molar-refractivity contribution in [1.29, 1.82) is 0 Å². The Balaban J connectivity index is 2.05. The molecule has 1 fully saturated rings. The van der Waals surface area contributed by atoms with Crippen molar-refractivity contribution in [3.63, 3.8) is 0 Å². The van der Waals surface area contributed by atoms with Gasteiger partial charge in [-0.2, -0.15) is 0 Å². The first kappa shape index (κ1) is 12.1. The van der Waals surface area contributed by atoms with E-state index in [0.29, 0.717) is 38.4 Å². The predicted octanol–water partition coefficient (Wildman–Crippen LogP) is -0.252. The molecule has 0 bridgehead atoms. The van der Waals surface area contributed by atoms with Crippen molar-refractivity contribution in [1.82, 2.24) is 9.97 Å². The first-order valence-corrected chi connectivity index (χ1v) is 5.65. The molecule has 0 atom stereocenters. The summed E-state index contributed by atoms with van der Waals surface area (Å²) in [7, 11) is 1.81. The molecule has 1 saturated heterocycles. The van der Waals surface area contributed by atoms with Gasteiger partial charge < -0.3 is 19.7 Å². The van der Waals surface area contributed by atoms with Gasteiger partial charge in [-0.15, -0.1) is 0 Å². The van der Waals surface area contributed by atoms with E-state index in [1.165, 1.54) is 12.4 Å². The highest BCUT2D eigenvalue weighted by atomic mass is 16.5. The van der Waals surface area contributed by atoms with Crippen molar-refractivity contribution < 1.29 is 9.84 Å². The highest BCUT2D eigenvalue weighted by Gasteiger charge is 2.31. The molecule has 6 heteroatoms. The molecule has 1 aromatic rings. The maximum Gasteiger partial charge on any atom is 0.252 e. The monoisotopic (exact) mass is 239 g/mol. The van der Waals surface area contributed by atoms with Crippen molar-refractivity contribution in [3.05, 3.63) is 22.7 Å². The first-order chi connectivity index (χ1) is 8.09. The molecule has 0 unspecified atom stereocenters. The van der Waals surface area contributed by atoms with Crippen LogP contribution in [-0.2, 0) is 4.74 Å². The van der Waals surface area contributed by atoms with Gasteiger partial charge in [-0.3, -0.25) is 4.79 Å². The van der Waals surface area contributed by atoms with Crippen molar-refractivity contribution in [2.24, 2.45) is 0 Å². The van der Waals surface area contributed by atoms with Crippen LogP contribution in [0.5, 0.6) is 0 Å². The lowest BCUT2D eigenvalue weighted by Crippen LogP contribution is -2.46. The van der Waals surface area contributed by atoms with E-state index < -0.39 is 5.60 Å². The Morgan fingerprint density at radius 3 is 2.94 bits per heavy atom. The van der Waals surface area contributed by atoms with Crippen LogP contribution in [0.2, 0.25) is 0 Å². The lowest BCUT2D eigenvalue weighted by atomic mass is 9.94. The molecule has 1 aliphatic heterocycles. The third-order valence-corrected chi connectivity index (χ3v) is 3.01. The van der Waals surface area contributed by atoms with Gasteiger partial charge in [0.05, 0.1) is 11.9 Å². The second-order valence-electron chi connectivity index (χ2n) is 4.46. The molecule has 0 saturated carbocycles. The van der Waals surface area contributed by atoms with Gasteiger partial charge in [0.1, 0.15) is 5.82 Å². The van der Waals surface area contributed by atoms with Gasteiger partial charge in [-0.25, -0.2) is 4.98 Å². The molecule has 94 valence electrons. The van der Waals surface area contributed by atoms with Crippen LogP contribution in [0, 0.1) is 0 Å². The van der Waals surface area contributed by atoms with Crippen LogP contribution in [0.3, 0.4) is 0 Å². The Hall–Kier alpha value is -1.40. The molecular weight excluding hydrogens is 222 g/mol. The maximum atomic E-state index is 11.2. The van der Waals surface area contributed by atoms with E-state index in [0.717, 1.165) is 0 Å². The topological polar surface area (TPSA) is 78.5 Å². The number of hydrogen-bond donors (Lipinski definition) is 2. The lowest BCUT2D eigenvalue weighted by molar-refractivity contribution is -0.0573. The van der Waals surface area contributed by atoms with E-state index in [2.05, 4.69) is 9.97 Å². The second-order valence-corrected chi connectivity index (χ2v) is 4.46. The van der Waals surface area contributed by atoms with Crippen LogP contribution < -0.4 is 10.5 Å². The minimum absolute atomic E-state index is 0.194. The number of rotatable bonds is 3. The summed E-state index contributed by atoms with van der Waals surface area (Å²) in [5.74, 6) is 0.564. The molecule has 0 aromatic carbocycles. The van der Waals surface area contributed by atoms with Crippen molar-refractivity contribution in [2.45, 2.75) is 18.4 Å². The van der Waals surface area contributed by atoms with Crippen LogP contribution >= 0.6 is 0 Å². The fourth-order valence-corrected chi connectivity index (χ4v) is 2.00. The van der Waals surface area contributed by atoms with E-state index in [-0.39, 0.29) is 5.56 Å². The van der Waals surface area contributed by atoms with Crippen LogP contribution in [0.1, 0.15) is 12.8 Å². The van der Waals surface area contributed by atoms with Crippen molar-refractivity contribution >= 4 is 5.82 Å². The average Bonchev–Trinajstić information content (AvgIpc) is 2.29. The van der Waals surface area contributed by atoms with Gasteiger partial charge in [0.2, 0.25) is 0 Å². The number of aliphatic hydroxyl groups is 1. The zero-order chi connectivity index (χ0) is 12.3. The molecule has 0 amide bonds.